The lowest BCUT2D eigenvalue weighted by Crippen LogP contribution is -2.04. The number of carbonyl (C=O) groups excluding carboxylic acids is 1. The lowest BCUT2D eigenvalue weighted by molar-refractivity contribution is 0.103. The Morgan fingerprint density at radius 3 is 2.76 bits per heavy atom. The van der Waals surface area contributed by atoms with Crippen molar-refractivity contribution in [2.45, 2.75) is 6.92 Å². The molecule has 1 heterocycles. The van der Waals surface area contributed by atoms with Gasteiger partial charge < -0.3 is 0 Å². The normalized spacial score (nSPS) is 10.3. The number of nitrogens with zero attached hydrogens (tertiary/aromatic N) is 1. The number of pyridine rings is 1. The highest BCUT2D eigenvalue weighted by Gasteiger charge is 2.13. The van der Waals surface area contributed by atoms with E-state index >= 15 is 0 Å². The molecule has 0 spiro atoms. The Kier molecular flexibility index (Phi) is 3.20. The number of aromatic nitrogens is 1. The molecule has 1 aromatic carbocycles. The molecule has 0 unspecified atom stereocenters. The fourth-order valence-electron chi connectivity index (χ4n) is 1.53. The lowest BCUT2D eigenvalue weighted by Gasteiger charge is -2.05. The molecule has 0 fully saturated rings. The van der Waals surface area contributed by atoms with Crippen LogP contribution in [0.5, 0.6) is 0 Å². The Hall–Kier alpha value is -1.74. The lowest BCUT2D eigenvalue weighted by atomic mass is 10.0. The number of aryl methyl sites for hydroxylation is 1. The maximum absolute atomic E-state index is 13.0. The molecule has 0 saturated carbocycles. The number of hydrogen-bond donors (Lipinski definition) is 0. The van der Waals surface area contributed by atoms with Crippen LogP contribution in [0.25, 0.3) is 0 Å². The third-order valence-corrected chi connectivity index (χ3v) is 2.65. The van der Waals surface area contributed by atoms with Gasteiger partial charge >= 0.3 is 0 Å². The molecular weight excluding hydrogens is 241 g/mol. The van der Waals surface area contributed by atoms with E-state index in [1.54, 1.807) is 25.1 Å². The van der Waals surface area contributed by atoms with Gasteiger partial charge in [-0.05, 0) is 30.7 Å². The molecule has 1 aromatic heterocycles. The third kappa shape index (κ3) is 2.50. The van der Waals surface area contributed by atoms with E-state index in [-0.39, 0.29) is 11.3 Å². The van der Waals surface area contributed by atoms with Gasteiger partial charge in [0.15, 0.2) is 5.78 Å². The van der Waals surface area contributed by atoms with Crippen LogP contribution < -0.4 is 0 Å². The second kappa shape index (κ2) is 4.63. The molecular formula is C13H9ClFNO. The number of rotatable bonds is 2. The van der Waals surface area contributed by atoms with Gasteiger partial charge in [-0.3, -0.25) is 9.78 Å². The SMILES string of the molecule is Cc1ccc(Cl)cc1C(=O)c1cncc(F)c1. The summed E-state index contributed by atoms with van der Waals surface area (Å²) in [6.45, 7) is 1.80. The minimum atomic E-state index is -0.532. The molecule has 2 rings (SSSR count). The summed E-state index contributed by atoms with van der Waals surface area (Å²) in [7, 11) is 0. The summed E-state index contributed by atoms with van der Waals surface area (Å²) in [5.41, 5.74) is 1.48. The van der Waals surface area contributed by atoms with Crippen LogP contribution in [0.2, 0.25) is 5.02 Å². The summed E-state index contributed by atoms with van der Waals surface area (Å²) in [4.78, 5) is 15.8. The summed E-state index contributed by atoms with van der Waals surface area (Å²) >= 11 is 5.84. The largest absolute Gasteiger partial charge is 0.289 e. The molecule has 0 radical (unpaired) electrons. The van der Waals surface area contributed by atoms with Gasteiger partial charge in [0.05, 0.1) is 6.20 Å². The van der Waals surface area contributed by atoms with Crippen LogP contribution in [0.3, 0.4) is 0 Å². The summed E-state index contributed by atoms with van der Waals surface area (Å²) in [6, 6.07) is 6.19. The predicted molar refractivity (Wildman–Crippen MR) is 63.8 cm³/mol. The molecule has 0 atom stereocenters. The van der Waals surface area contributed by atoms with Gasteiger partial charge in [0, 0.05) is 22.3 Å². The van der Waals surface area contributed by atoms with Gasteiger partial charge in [-0.15, -0.1) is 0 Å². The first-order valence-corrected chi connectivity index (χ1v) is 5.37. The van der Waals surface area contributed by atoms with Crippen molar-refractivity contribution >= 4 is 17.4 Å². The molecule has 17 heavy (non-hydrogen) atoms. The van der Waals surface area contributed by atoms with Crippen LogP contribution in [-0.4, -0.2) is 10.8 Å². The van der Waals surface area contributed by atoms with Crippen molar-refractivity contribution in [3.63, 3.8) is 0 Å². The number of halogens is 2. The zero-order valence-corrected chi connectivity index (χ0v) is 9.83. The zero-order chi connectivity index (χ0) is 12.4. The van der Waals surface area contributed by atoms with Crippen LogP contribution in [0.15, 0.2) is 36.7 Å². The second-order valence-electron chi connectivity index (χ2n) is 3.68. The number of hydrogen-bond acceptors (Lipinski definition) is 2. The average molecular weight is 250 g/mol. The summed E-state index contributed by atoms with van der Waals surface area (Å²) < 4.78 is 13.0. The Balaban J connectivity index is 2.47. The Morgan fingerprint density at radius 2 is 2.06 bits per heavy atom. The Morgan fingerprint density at radius 1 is 1.29 bits per heavy atom. The summed E-state index contributed by atoms with van der Waals surface area (Å²) in [5, 5.41) is 0.475. The molecule has 4 heteroatoms. The van der Waals surface area contributed by atoms with E-state index in [4.69, 9.17) is 11.6 Å². The highest BCUT2D eigenvalue weighted by atomic mass is 35.5. The molecule has 0 aliphatic rings. The van der Waals surface area contributed by atoms with Gasteiger partial charge in [-0.25, -0.2) is 4.39 Å². The van der Waals surface area contributed by atoms with Crippen LogP contribution in [-0.2, 0) is 0 Å². The third-order valence-electron chi connectivity index (χ3n) is 2.41. The molecule has 0 amide bonds. The minimum Gasteiger partial charge on any atom is -0.289 e. The average Bonchev–Trinajstić information content (AvgIpc) is 2.31. The van der Waals surface area contributed by atoms with Crippen molar-refractivity contribution in [3.05, 3.63) is 64.2 Å². The first-order chi connectivity index (χ1) is 8.08. The molecule has 0 aliphatic carbocycles. The van der Waals surface area contributed by atoms with E-state index < -0.39 is 5.82 Å². The molecule has 0 N–H and O–H groups in total. The zero-order valence-electron chi connectivity index (χ0n) is 9.08. The van der Waals surface area contributed by atoms with E-state index in [0.717, 1.165) is 17.8 Å². The Bertz CT molecular complexity index is 583. The fourth-order valence-corrected chi connectivity index (χ4v) is 1.70. The van der Waals surface area contributed by atoms with E-state index in [1.165, 1.54) is 6.20 Å². The van der Waals surface area contributed by atoms with E-state index in [1.807, 2.05) is 0 Å². The van der Waals surface area contributed by atoms with Crippen molar-refractivity contribution in [2.75, 3.05) is 0 Å². The monoisotopic (exact) mass is 249 g/mol. The van der Waals surface area contributed by atoms with Gasteiger partial charge in [0.1, 0.15) is 5.82 Å². The van der Waals surface area contributed by atoms with Crippen LogP contribution in [0.1, 0.15) is 21.5 Å². The molecule has 2 aromatic rings. The fraction of sp³-hybridized carbons (Fsp3) is 0.0769. The van der Waals surface area contributed by atoms with Crippen LogP contribution >= 0.6 is 11.6 Å². The molecule has 0 bridgehead atoms. The van der Waals surface area contributed by atoms with Gasteiger partial charge in [0.25, 0.3) is 0 Å². The molecule has 0 saturated heterocycles. The summed E-state index contributed by atoms with van der Waals surface area (Å²) in [6.07, 6.45) is 2.40. The first kappa shape index (κ1) is 11.7. The maximum atomic E-state index is 13.0. The standard InChI is InChI=1S/C13H9ClFNO/c1-8-2-3-10(14)5-12(8)13(17)9-4-11(15)7-16-6-9/h2-7H,1H3. The smallest absolute Gasteiger partial charge is 0.194 e. The summed E-state index contributed by atoms with van der Waals surface area (Å²) in [5.74, 6) is -0.812. The van der Waals surface area contributed by atoms with Crippen molar-refractivity contribution in [1.82, 2.24) is 4.98 Å². The quantitative estimate of drug-likeness (QED) is 0.764. The minimum absolute atomic E-state index is 0.218. The van der Waals surface area contributed by atoms with Gasteiger partial charge in [0.2, 0.25) is 0 Å². The maximum Gasteiger partial charge on any atom is 0.194 e. The van der Waals surface area contributed by atoms with Gasteiger partial charge in [-0.2, -0.15) is 0 Å². The highest BCUT2D eigenvalue weighted by Crippen LogP contribution is 2.18. The topological polar surface area (TPSA) is 30.0 Å². The first-order valence-electron chi connectivity index (χ1n) is 4.99. The Labute approximate surface area is 103 Å². The number of carbonyl (C=O) groups is 1. The van der Waals surface area contributed by atoms with Crippen molar-refractivity contribution in [3.8, 4) is 0 Å². The van der Waals surface area contributed by atoms with E-state index in [9.17, 15) is 9.18 Å². The van der Waals surface area contributed by atoms with Crippen LogP contribution in [0.4, 0.5) is 4.39 Å². The number of benzene rings is 1. The predicted octanol–water partition coefficient (Wildman–Crippen LogP) is 3.41. The van der Waals surface area contributed by atoms with Crippen molar-refractivity contribution < 1.29 is 9.18 Å². The van der Waals surface area contributed by atoms with E-state index in [2.05, 4.69) is 4.98 Å². The molecule has 86 valence electrons. The highest BCUT2D eigenvalue weighted by molar-refractivity contribution is 6.31. The number of ketones is 1. The molecule has 0 aliphatic heterocycles. The van der Waals surface area contributed by atoms with Gasteiger partial charge in [-0.1, -0.05) is 17.7 Å². The molecule has 2 nitrogen and oxygen atoms in total. The van der Waals surface area contributed by atoms with Crippen molar-refractivity contribution in [1.29, 1.82) is 0 Å². The van der Waals surface area contributed by atoms with Crippen molar-refractivity contribution in [2.24, 2.45) is 0 Å². The van der Waals surface area contributed by atoms with Crippen LogP contribution in [0, 0.1) is 12.7 Å². The second-order valence-corrected chi connectivity index (χ2v) is 4.12. The van der Waals surface area contributed by atoms with E-state index in [0.29, 0.717) is 10.6 Å².